The highest BCUT2D eigenvalue weighted by molar-refractivity contribution is 6.25. The van der Waals surface area contributed by atoms with Crippen LogP contribution >= 0.6 is 0 Å². The molecule has 0 saturated carbocycles. The molecule has 0 aliphatic carbocycles. The molecule has 0 spiro atoms. The zero-order chi connectivity index (χ0) is 28.1. The van der Waals surface area contributed by atoms with E-state index in [0.717, 1.165) is 17.1 Å². The molecule has 0 bridgehead atoms. The zero-order valence-electron chi connectivity index (χ0n) is 23.3. The minimum atomic E-state index is 0.914. The third-order valence-electron chi connectivity index (χ3n) is 9.35. The minimum absolute atomic E-state index is 0.914. The van der Waals surface area contributed by atoms with Gasteiger partial charge < -0.3 is 4.74 Å². The smallest absolute Gasteiger partial charge is 0.135 e. The first-order valence-electron chi connectivity index (χ1n) is 14.8. The third-order valence-corrected chi connectivity index (χ3v) is 9.35. The van der Waals surface area contributed by atoms with Gasteiger partial charge in [0, 0.05) is 10.9 Å². The summed E-state index contributed by atoms with van der Waals surface area (Å²) in [5.74, 6) is 1.84. The number of benzene rings is 9. The summed E-state index contributed by atoms with van der Waals surface area (Å²) in [5, 5.41) is 12.8. The molecular formula is C42H24O. The van der Waals surface area contributed by atoms with Crippen LogP contribution in [-0.4, -0.2) is 0 Å². The van der Waals surface area contributed by atoms with Gasteiger partial charge in [-0.3, -0.25) is 0 Å². The van der Waals surface area contributed by atoms with Gasteiger partial charge in [-0.05, 0) is 113 Å². The number of ether oxygens (including phenoxy) is 1. The lowest BCUT2D eigenvalue weighted by atomic mass is 9.88. The third kappa shape index (κ3) is 3.28. The molecule has 198 valence electrons. The van der Waals surface area contributed by atoms with Gasteiger partial charge in [-0.15, -0.1) is 0 Å². The Bertz CT molecular complexity index is 2570. The van der Waals surface area contributed by atoms with Gasteiger partial charge in [-0.25, -0.2) is 0 Å². The topological polar surface area (TPSA) is 9.23 Å². The zero-order valence-corrected chi connectivity index (χ0v) is 23.3. The van der Waals surface area contributed by atoms with Crippen LogP contribution < -0.4 is 4.74 Å². The van der Waals surface area contributed by atoms with Crippen molar-refractivity contribution in [2.75, 3.05) is 0 Å². The highest BCUT2D eigenvalue weighted by atomic mass is 16.5. The van der Waals surface area contributed by atoms with E-state index < -0.39 is 0 Å². The Morgan fingerprint density at radius 1 is 0.302 bits per heavy atom. The second kappa shape index (κ2) is 8.44. The van der Waals surface area contributed by atoms with Gasteiger partial charge in [0.15, 0.2) is 0 Å². The van der Waals surface area contributed by atoms with Crippen LogP contribution in [-0.2, 0) is 0 Å². The Morgan fingerprint density at radius 2 is 0.930 bits per heavy atom. The molecule has 0 saturated heterocycles. The molecule has 0 radical (unpaired) electrons. The van der Waals surface area contributed by atoms with Crippen molar-refractivity contribution in [2.45, 2.75) is 0 Å². The molecule has 0 unspecified atom stereocenters. The van der Waals surface area contributed by atoms with Crippen molar-refractivity contribution in [1.29, 1.82) is 0 Å². The van der Waals surface area contributed by atoms with Gasteiger partial charge in [0.1, 0.15) is 11.5 Å². The van der Waals surface area contributed by atoms with Crippen molar-refractivity contribution in [2.24, 2.45) is 0 Å². The van der Waals surface area contributed by atoms with Gasteiger partial charge in [-0.1, -0.05) is 109 Å². The lowest BCUT2D eigenvalue weighted by molar-refractivity contribution is 0.487. The molecule has 1 nitrogen and oxygen atoms in total. The molecule has 0 N–H and O–H groups in total. The Kier molecular flexibility index (Phi) is 4.51. The molecule has 0 amide bonds. The van der Waals surface area contributed by atoms with Crippen LogP contribution in [0.15, 0.2) is 146 Å². The van der Waals surface area contributed by atoms with Gasteiger partial charge in [0.05, 0.1) is 0 Å². The summed E-state index contributed by atoms with van der Waals surface area (Å²) in [4.78, 5) is 0. The first kappa shape index (κ1) is 23.0. The van der Waals surface area contributed by atoms with Gasteiger partial charge in [-0.2, -0.15) is 0 Å². The van der Waals surface area contributed by atoms with Crippen LogP contribution in [0.25, 0.3) is 87.2 Å². The van der Waals surface area contributed by atoms with Crippen molar-refractivity contribution in [3.05, 3.63) is 146 Å². The van der Waals surface area contributed by atoms with E-state index in [4.69, 9.17) is 4.74 Å². The largest absolute Gasteiger partial charge is 0.456 e. The molecule has 10 rings (SSSR count). The van der Waals surface area contributed by atoms with E-state index in [1.807, 2.05) is 6.07 Å². The van der Waals surface area contributed by atoms with E-state index in [2.05, 4.69) is 140 Å². The molecule has 1 heterocycles. The second-order valence-electron chi connectivity index (χ2n) is 11.7. The van der Waals surface area contributed by atoms with Crippen molar-refractivity contribution in [3.8, 4) is 44.9 Å². The number of hydrogen-bond donors (Lipinski definition) is 0. The van der Waals surface area contributed by atoms with E-state index >= 15 is 0 Å². The fourth-order valence-electron chi connectivity index (χ4n) is 7.33. The average Bonchev–Trinajstić information content (AvgIpc) is 3.07. The van der Waals surface area contributed by atoms with E-state index in [0.29, 0.717) is 0 Å². The van der Waals surface area contributed by atoms with Crippen molar-refractivity contribution < 1.29 is 4.74 Å². The molecule has 1 aliphatic rings. The Morgan fingerprint density at radius 3 is 1.81 bits per heavy atom. The Hall–Kier alpha value is -5.66. The molecule has 0 aromatic heterocycles. The van der Waals surface area contributed by atoms with Crippen LogP contribution in [0.2, 0.25) is 0 Å². The predicted octanol–water partition coefficient (Wildman–Crippen LogP) is 12.0. The molecule has 1 aliphatic heterocycles. The quantitative estimate of drug-likeness (QED) is 0.197. The molecule has 0 fully saturated rings. The van der Waals surface area contributed by atoms with Crippen molar-refractivity contribution >= 4 is 53.9 Å². The molecule has 0 atom stereocenters. The molecular weight excluding hydrogens is 520 g/mol. The fraction of sp³-hybridized carbons (Fsp3) is 0. The van der Waals surface area contributed by atoms with Crippen LogP contribution in [0, 0.1) is 0 Å². The van der Waals surface area contributed by atoms with Crippen LogP contribution in [0.5, 0.6) is 11.5 Å². The SMILES string of the molecule is c1ccc2c(c1)Oc1cccc3cc(-c4ccc5cc(-c6ccc7ccc8cccc9ccc6c7c89)ccc5c4)cc-2c13. The lowest BCUT2D eigenvalue weighted by Gasteiger charge is -2.22. The summed E-state index contributed by atoms with van der Waals surface area (Å²) in [6.07, 6.45) is 0. The molecule has 9 aromatic carbocycles. The fourth-order valence-corrected chi connectivity index (χ4v) is 7.33. The second-order valence-corrected chi connectivity index (χ2v) is 11.7. The predicted molar refractivity (Wildman–Crippen MR) is 182 cm³/mol. The van der Waals surface area contributed by atoms with Crippen LogP contribution in [0.1, 0.15) is 0 Å². The number of hydrogen-bond acceptors (Lipinski definition) is 1. The lowest BCUT2D eigenvalue weighted by Crippen LogP contribution is -1.97. The summed E-state index contributed by atoms with van der Waals surface area (Å²) >= 11 is 0. The van der Waals surface area contributed by atoms with Crippen molar-refractivity contribution in [1.82, 2.24) is 0 Å². The van der Waals surface area contributed by atoms with E-state index in [1.165, 1.54) is 81.7 Å². The average molecular weight is 545 g/mol. The number of fused-ring (bicyclic) bond motifs is 3. The highest BCUT2D eigenvalue weighted by Crippen LogP contribution is 2.48. The van der Waals surface area contributed by atoms with E-state index in [-0.39, 0.29) is 0 Å². The van der Waals surface area contributed by atoms with Gasteiger partial charge >= 0.3 is 0 Å². The van der Waals surface area contributed by atoms with E-state index in [1.54, 1.807) is 0 Å². The molecule has 9 aromatic rings. The Balaban J connectivity index is 1.12. The minimum Gasteiger partial charge on any atom is -0.456 e. The maximum atomic E-state index is 6.26. The first-order valence-corrected chi connectivity index (χ1v) is 14.8. The maximum Gasteiger partial charge on any atom is 0.135 e. The summed E-state index contributed by atoms with van der Waals surface area (Å²) in [7, 11) is 0. The van der Waals surface area contributed by atoms with Crippen molar-refractivity contribution in [3.63, 3.8) is 0 Å². The standard InChI is InChI=1S/C42H24O/c1-2-9-38-35(8-1)37-24-33(23-32-7-4-10-39(43-38)41(32)37)30-14-13-29-22-31(16-15-28(29)21-30)34-19-17-27-12-11-25-5-3-6-26-18-20-36(34)42(27)40(25)26/h1-24H. The summed E-state index contributed by atoms with van der Waals surface area (Å²) in [6, 6.07) is 53.3. The highest BCUT2D eigenvalue weighted by Gasteiger charge is 2.20. The summed E-state index contributed by atoms with van der Waals surface area (Å²) in [6.45, 7) is 0. The number of para-hydroxylation sites is 1. The van der Waals surface area contributed by atoms with Gasteiger partial charge in [0.2, 0.25) is 0 Å². The molecule has 43 heavy (non-hydrogen) atoms. The van der Waals surface area contributed by atoms with E-state index in [9.17, 15) is 0 Å². The summed E-state index contributed by atoms with van der Waals surface area (Å²) in [5.41, 5.74) is 7.34. The normalized spacial score (nSPS) is 12.4. The van der Waals surface area contributed by atoms with Gasteiger partial charge in [0.25, 0.3) is 0 Å². The summed E-state index contributed by atoms with van der Waals surface area (Å²) < 4.78 is 6.26. The van der Waals surface area contributed by atoms with Crippen LogP contribution in [0.4, 0.5) is 0 Å². The Labute approximate surface area is 248 Å². The van der Waals surface area contributed by atoms with Crippen LogP contribution in [0.3, 0.4) is 0 Å². The number of rotatable bonds is 2. The first-order chi connectivity index (χ1) is 21.3. The maximum absolute atomic E-state index is 6.26. The monoisotopic (exact) mass is 544 g/mol. The molecule has 1 heteroatoms.